The van der Waals surface area contributed by atoms with Crippen molar-refractivity contribution in [3.8, 4) is 6.07 Å². The smallest absolute Gasteiger partial charge is 0.309 e. The van der Waals surface area contributed by atoms with Crippen molar-refractivity contribution in [3.63, 3.8) is 0 Å². The van der Waals surface area contributed by atoms with Crippen LogP contribution in [0.15, 0.2) is 11.8 Å². The van der Waals surface area contributed by atoms with Crippen LogP contribution < -0.4 is 0 Å². The van der Waals surface area contributed by atoms with E-state index in [0.717, 1.165) is 0 Å². The molecule has 1 aliphatic carbocycles. The molecule has 4 nitrogen and oxygen atoms in total. The van der Waals surface area contributed by atoms with Crippen LogP contribution in [0.5, 0.6) is 0 Å². The Morgan fingerprint density at radius 1 is 1.40 bits per heavy atom. The number of allylic oxidation sites excluding steroid dienone is 2. The van der Waals surface area contributed by atoms with Crippen molar-refractivity contribution in [2.24, 2.45) is 17.3 Å². The van der Waals surface area contributed by atoms with Crippen LogP contribution in [0.4, 0.5) is 0 Å². The molecule has 0 bridgehead atoms. The first-order chi connectivity index (χ1) is 6.98. The van der Waals surface area contributed by atoms with E-state index >= 15 is 0 Å². The maximum absolute atomic E-state index is 11.4. The topological polar surface area (TPSA) is 59.3 Å². The Labute approximate surface area is 89.5 Å². The molecule has 0 N–H and O–H groups in total. The van der Waals surface area contributed by atoms with Gasteiger partial charge in [-0.25, -0.2) is 0 Å². The Hall–Kier alpha value is -1.50. The van der Waals surface area contributed by atoms with Gasteiger partial charge in [0, 0.05) is 5.92 Å². The van der Waals surface area contributed by atoms with Crippen molar-refractivity contribution >= 4 is 5.97 Å². The molecule has 1 saturated carbocycles. The molecule has 82 valence electrons. The predicted molar refractivity (Wildman–Crippen MR) is 53.5 cm³/mol. The predicted octanol–water partition coefficient (Wildman–Crippen LogP) is 1.49. The van der Waals surface area contributed by atoms with E-state index in [1.54, 1.807) is 6.08 Å². The number of nitrogens with zero attached hydrogens (tertiary/aromatic N) is 1. The van der Waals surface area contributed by atoms with Crippen molar-refractivity contribution in [2.75, 3.05) is 14.2 Å². The van der Waals surface area contributed by atoms with E-state index in [-0.39, 0.29) is 29.0 Å². The van der Waals surface area contributed by atoms with Gasteiger partial charge in [0.2, 0.25) is 0 Å². The van der Waals surface area contributed by atoms with E-state index in [1.807, 2.05) is 19.9 Å². The number of carbonyl (C=O) groups is 1. The maximum Gasteiger partial charge on any atom is 0.309 e. The number of hydrogen-bond donors (Lipinski definition) is 0. The summed E-state index contributed by atoms with van der Waals surface area (Å²) in [6.45, 7) is 3.95. The highest BCUT2D eigenvalue weighted by molar-refractivity contribution is 5.78. The van der Waals surface area contributed by atoms with Crippen molar-refractivity contribution in [2.45, 2.75) is 13.8 Å². The summed E-state index contributed by atoms with van der Waals surface area (Å²) in [5, 5.41) is 8.70. The molecular formula is C11H15NO3. The van der Waals surface area contributed by atoms with Crippen LogP contribution >= 0.6 is 0 Å². The standard InChI is InChI=1S/C11H15NO3/c1-11(2)8(5-7(6-12)14-3)9(11)10(13)15-4/h5,8-9H,1-4H3/b7-5-/t8-,9+/m1/s1. The highest BCUT2D eigenvalue weighted by atomic mass is 16.5. The second-order valence-electron chi connectivity index (χ2n) is 4.19. The summed E-state index contributed by atoms with van der Waals surface area (Å²) in [4.78, 5) is 11.4. The molecule has 1 fully saturated rings. The quantitative estimate of drug-likeness (QED) is 0.401. The normalized spacial score (nSPS) is 27.8. The SMILES string of the molecule is COC(=O)[C@@H]1[C@@H](/C=C(/C#N)OC)C1(C)C. The van der Waals surface area contributed by atoms with Gasteiger partial charge < -0.3 is 9.47 Å². The molecule has 0 aromatic rings. The zero-order valence-corrected chi connectivity index (χ0v) is 9.40. The number of ether oxygens (including phenoxy) is 2. The summed E-state index contributed by atoms with van der Waals surface area (Å²) >= 11 is 0. The average Bonchev–Trinajstić information content (AvgIpc) is 2.75. The molecule has 0 aromatic heterocycles. The third kappa shape index (κ3) is 1.96. The van der Waals surface area contributed by atoms with Gasteiger partial charge in [-0.3, -0.25) is 4.79 Å². The molecule has 4 heteroatoms. The molecule has 2 atom stereocenters. The number of nitriles is 1. The highest BCUT2D eigenvalue weighted by Crippen LogP contribution is 2.59. The lowest BCUT2D eigenvalue weighted by molar-refractivity contribution is -0.143. The first kappa shape index (κ1) is 11.6. The third-order valence-corrected chi connectivity index (χ3v) is 3.03. The molecule has 1 rings (SSSR count). The molecule has 0 heterocycles. The Kier molecular flexibility index (Phi) is 3.04. The van der Waals surface area contributed by atoms with Crippen LogP contribution in [-0.4, -0.2) is 20.2 Å². The van der Waals surface area contributed by atoms with Crippen molar-refractivity contribution in [1.29, 1.82) is 5.26 Å². The Balaban J connectivity index is 2.80. The van der Waals surface area contributed by atoms with Gasteiger partial charge in [-0.05, 0) is 11.5 Å². The molecule has 0 aliphatic heterocycles. The summed E-state index contributed by atoms with van der Waals surface area (Å²) in [7, 11) is 2.82. The Morgan fingerprint density at radius 2 is 2.00 bits per heavy atom. The Bertz CT molecular complexity index is 338. The molecule has 0 unspecified atom stereocenters. The van der Waals surface area contributed by atoms with Crippen LogP contribution in [0.2, 0.25) is 0 Å². The third-order valence-electron chi connectivity index (χ3n) is 3.03. The molecular weight excluding hydrogens is 194 g/mol. The lowest BCUT2D eigenvalue weighted by Gasteiger charge is -1.99. The summed E-state index contributed by atoms with van der Waals surface area (Å²) in [5.74, 6) is -0.116. The van der Waals surface area contributed by atoms with Gasteiger partial charge >= 0.3 is 5.97 Å². The summed E-state index contributed by atoms with van der Waals surface area (Å²) < 4.78 is 9.55. The average molecular weight is 209 g/mol. The van der Waals surface area contributed by atoms with Gasteiger partial charge in [-0.2, -0.15) is 5.26 Å². The summed E-state index contributed by atoms with van der Waals surface area (Å²) in [6, 6.07) is 1.93. The van der Waals surface area contributed by atoms with Gasteiger partial charge in [0.1, 0.15) is 6.07 Å². The zero-order valence-electron chi connectivity index (χ0n) is 9.40. The minimum atomic E-state index is -0.227. The lowest BCUT2D eigenvalue weighted by atomic mass is 10.1. The van der Waals surface area contributed by atoms with Crippen molar-refractivity contribution in [1.82, 2.24) is 0 Å². The molecule has 1 aliphatic rings. The maximum atomic E-state index is 11.4. The number of rotatable bonds is 3. The van der Waals surface area contributed by atoms with Gasteiger partial charge in [0.05, 0.1) is 20.1 Å². The van der Waals surface area contributed by atoms with Crippen LogP contribution in [0.25, 0.3) is 0 Å². The van der Waals surface area contributed by atoms with E-state index < -0.39 is 0 Å². The fraction of sp³-hybridized carbons (Fsp3) is 0.636. The monoisotopic (exact) mass is 209 g/mol. The fourth-order valence-corrected chi connectivity index (χ4v) is 1.88. The minimum absolute atomic E-state index is 0.0274. The number of methoxy groups -OCH3 is 2. The first-order valence-corrected chi connectivity index (χ1v) is 4.72. The molecule has 0 saturated heterocycles. The number of esters is 1. The summed E-state index contributed by atoms with van der Waals surface area (Å²) in [6.07, 6.45) is 1.70. The summed E-state index contributed by atoms with van der Waals surface area (Å²) in [5.41, 5.74) is -0.145. The number of hydrogen-bond acceptors (Lipinski definition) is 4. The van der Waals surface area contributed by atoms with E-state index in [0.29, 0.717) is 0 Å². The molecule has 0 radical (unpaired) electrons. The largest absolute Gasteiger partial charge is 0.487 e. The van der Waals surface area contributed by atoms with Crippen molar-refractivity contribution in [3.05, 3.63) is 11.8 Å². The lowest BCUT2D eigenvalue weighted by Crippen LogP contribution is -2.07. The van der Waals surface area contributed by atoms with Crippen LogP contribution in [-0.2, 0) is 14.3 Å². The van der Waals surface area contributed by atoms with E-state index in [4.69, 9.17) is 14.7 Å². The molecule has 0 amide bonds. The number of carbonyl (C=O) groups excluding carboxylic acids is 1. The molecule has 0 spiro atoms. The molecule has 15 heavy (non-hydrogen) atoms. The Morgan fingerprint density at radius 3 is 2.40 bits per heavy atom. The van der Waals surface area contributed by atoms with Crippen LogP contribution in [0.3, 0.4) is 0 Å². The minimum Gasteiger partial charge on any atom is -0.487 e. The first-order valence-electron chi connectivity index (χ1n) is 4.72. The van der Waals surface area contributed by atoms with Crippen molar-refractivity contribution < 1.29 is 14.3 Å². The highest BCUT2D eigenvalue weighted by Gasteiger charge is 2.61. The van der Waals surface area contributed by atoms with E-state index in [2.05, 4.69) is 0 Å². The zero-order chi connectivity index (χ0) is 11.6. The van der Waals surface area contributed by atoms with Gasteiger partial charge in [0.25, 0.3) is 0 Å². The molecule has 0 aromatic carbocycles. The van der Waals surface area contributed by atoms with Crippen LogP contribution in [0, 0.1) is 28.6 Å². The second-order valence-corrected chi connectivity index (χ2v) is 4.19. The van der Waals surface area contributed by atoms with E-state index in [9.17, 15) is 4.79 Å². The van der Waals surface area contributed by atoms with Gasteiger partial charge in [-0.1, -0.05) is 13.8 Å². The van der Waals surface area contributed by atoms with E-state index in [1.165, 1.54) is 14.2 Å². The second kappa shape index (κ2) is 3.93. The fourth-order valence-electron chi connectivity index (χ4n) is 1.88. The van der Waals surface area contributed by atoms with Gasteiger partial charge in [-0.15, -0.1) is 0 Å². The van der Waals surface area contributed by atoms with Crippen LogP contribution in [0.1, 0.15) is 13.8 Å². The van der Waals surface area contributed by atoms with Gasteiger partial charge in [0.15, 0.2) is 5.76 Å².